The van der Waals surface area contributed by atoms with Gasteiger partial charge in [0.05, 0.1) is 5.41 Å². The van der Waals surface area contributed by atoms with Crippen LogP contribution in [0.4, 0.5) is 0 Å². The Balaban J connectivity index is 0.000000158. The van der Waals surface area contributed by atoms with Crippen LogP contribution in [0.1, 0.15) is 63.9 Å². The molecule has 0 N–H and O–H groups in total. The molecule has 0 heterocycles. The zero-order valence-corrected chi connectivity index (χ0v) is 34.4. The van der Waals surface area contributed by atoms with Crippen molar-refractivity contribution in [3.8, 4) is 55.6 Å². The Morgan fingerprint density at radius 3 is 1.42 bits per heavy atom. The van der Waals surface area contributed by atoms with Crippen LogP contribution in [0.2, 0.25) is 0 Å². The van der Waals surface area contributed by atoms with Crippen molar-refractivity contribution in [2.45, 2.75) is 38.0 Å². The van der Waals surface area contributed by atoms with Crippen molar-refractivity contribution in [2.75, 3.05) is 0 Å². The molecule has 0 fully saturated rings. The van der Waals surface area contributed by atoms with E-state index in [1.54, 1.807) is 0 Å². The highest BCUT2D eigenvalue weighted by molar-refractivity contribution is 5.96. The molecular formula is C60H46. The second-order valence-corrected chi connectivity index (χ2v) is 17.2. The third-order valence-electron chi connectivity index (χ3n) is 13.5. The van der Waals surface area contributed by atoms with Crippen LogP contribution in [0, 0.1) is 6.92 Å². The van der Waals surface area contributed by atoms with Gasteiger partial charge in [-0.1, -0.05) is 232 Å². The predicted octanol–water partition coefficient (Wildman–Crippen LogP) is 15.3. The van der Waals surface area contributed by atoms with E-state index in [2.05, 4.69) is 233 Å². The maximum absolute atomic E-state index is 2.37. The molecule has 0 saturated heterocycles. The van der Waals surface area contributed by atoms with Crippen LogP contribution in [0.3, 0.4) is 0 Å². The Kier molecular flexibility index (Phi) is 8.46. The summed E-state index contributed by atoms with van der Waals surface area (Å²) in [6, 6.07) is 78.1. The normalized spacial score (nSPS) is 13.9. The van der Waals surface area contributed by atoms with E-state index in [9.17, 15) is 0 Å². The van der Waals surface area contributed by atoms with Crippen molar-refractivity contribution in [3.05, 3.63) is 262 Å². The van der Waals surface area contributed by atoms with E-state index in [1.165, 1.54) is 106 Å². The smallest absolute Gasteiger partial charge is 0.0622 e. The van der Waals surface area contributed by atoms with Crippen LogP contribution in [0.25, 0.3) is 55.6 Å². The minimum Gasteiger partial charge on any atom is -0.0622 e. The highest BCUT2D eigenvalue weighted by Crippen LogP contribution is 2.63. The quantitative estimate of drug-likeness (QED) is 0.167. The van der Waals surface area contributed by atoms with Crippen molar-refractivity contribution in [1.82, 2.24) is 0 Å². The molecule has 0 aliphatic heterocycles. The van der Waals surface area contributed by atoms with E-state index in [4.69, 9.17) is 0 Å². The van der Waals surface area contributed by atoms with Crippen LogP contribution in [0.5, 0.6) is 0 Å². The van der Waals surface area contributed by atoms with E-state index in [0.717, 1.165) is 6.42 Å². The number of hydrogen-bond donors (Lipinski definition) is 0. The zero-order chi connectivity index (χ0) is 40.4. The molecule has 0 radical (unpaired) electrons. The number of benzene rings is 9. The van der Waals surface area contributed by atoms with E-state index < -0.39 is 0 Å². The van der Waals surface area contributed by atoms with E-state index >= 15 is 0 Å². The Morgan fingerprint density at radius 1 is 0.333 bits per heavy atom. The molecule has 0 bridgehead atoms. The first-order valence-corrected chi connectivity index (χ1v) is 21.3. The summed E-state index contributed by atoms with van der Waals surface area (Å²) < 4.78 is 0. The molecule has 1 spiro atoms. The van der Waals surface area contributed by atoms with Crippen LogP contribution < -0.4 is 0 Å². The Bertz CT molecular complexity index is 3030. The lowest BCUT2D eigenvalue weighted by Gasteiger charge is -2.30. The molecule has 286 valence electrons. The third kappa shape index (κ3) is 5.44. The molecule has 3 aliphatic carbocycles. The fourth-order valence-electron chi connectivity index (χ4n) is 10.8. The van der Waals surface area contributed by atoms with Gasteiger partial charge in [0.25, 0.3) is 0 Å². The summed E-state index contributed by atoms with van der Waals surface area (Å²) in [6.45, 7) is 6.88. The Morgan fingerprint density at radius 2 is 0.800 bits per heavy atom. The molecule has 60 heavy (non-hydrogen) atoms. The van der Waals surface area contributed by atoms with Gasteiger partial charge in [0.2, 0.25) is 0 Å². The molecule has 0 aromatic heterocycles. The molecule has 0 saturated carbocycles. The monoisotopic (exact) mass is 766 g/mol. The highest BCUT2D eigenvalue weighted by Gasteiger charge is 2.51. The van der Waals surface area contributed by atoms with Crippen molar-refractivity contribution in [1.29, 1.82) is 0 Å². The summed E-state index contributed by atoms with van der Waals surface area (Å²) in [5, 5.41) is 0. The van der Waals surface area contributed by atoms with Gasteiger partial charge in [-0.05, 0) is 113 Å². The van der Waals surface area contributed by atoms with E-state index in [-0.39, 0.29) is 10.8 Å². The molecular weight excluding hydrogens is 721 g/mol. The number of rotatable bonds is 4. The molecule has 0 atom stereocenters. The lowest BCUT2D eigenvalue weighted by atomic mass is 9.70. The van der Waals surface area contributed by atoms with Gasteiger partial charge in [0, 0.05) is 5.41 Å². The van der Waals surface area contributed by atoms with Gasteiger partial charge in [-0.2, -0.15) is 0 Å². The second-order valence-electron chi connectivity index (χ2n) is 17.2. The maximum Gasteiger partial charge on any atom is 0.0725 e. The topological polar surface area (TPSA) is 0 Å². The predicted molar refractivity (Wildman–Crippen MR) is 252 cm³/mol. The summed E-state index contributed by atoms with van der Waals surface area (Å²) >= 11 is 0. The standard InChI is InChI=1S/C38H26.C22H20/c1-2-11-27(12-3-1)28-23-21-26(22-24-28)25-29-13-10-20-36-37(29)32-16-6-9-19-35(32)38(36)33-17-7-4-14-30(33)31-15-5-8-18-34(31)38;1-15-13-18(16-9-5-4-6-10-16)21-17-11-7-8-12-19(17)22(2,3)20(21)14-15/h1-24H,25H2;4-14H,1-3H3. The Labute approximate surface area is 354 Å². The van der Waals surface area contributed by atoms with Crippen LogP contribution in [-0.2, 0) is 17.3 Å². The molecule has 12 rings (SSSR count). The summed E-state index contributed by atoms with van der Waals surface area (Å²) in [5.74, 6) is 0. The van der Waals surface area contributed by atoms with Gasteiger partial charge >= 0.3 is 0 Å². The first kappa shape index (κ1) is 36.1. The van der Waals surface area contributed by atoms with Gasteiger partial charge < -0.3 is 0 Å². The van der Waals surface area contributed by atoms with Crippen LogP contribution in [-0.4, -0.2) is 0 Å². The van der Waals surface area contributed by atoms with Crippen molar-refractivity contribution in [2.24, 2.45) is 0 Å². The average Bonchev–Trinajstić information content (AvgIpc) is 3.86. The van der Waals surface area contributed by atoms with Gasteiger partial charge in [-0.15, -0.1) is 0 Å². The largest absolute Gasteiger partial charge is 0.0725 e. The first-order chi connectivity index (χ1) is 29.4. The van der Waals surface area contributed by atoms with Gasteiger partial charge in [0.15, 0.2) is 0 Å². The third-order valence-corrected chi connectivity index (χ3v) is 13.5. The summed E-state index contributed by atoms with van der Waals surface area (Å²) in [6.07, 6.45) is 0.909. The summed E-state index contributed by atoms with van der Waals surface area (Å²) in [5.41, 5.74) is 25.8. The number of aryl methyl sites for hydroxylation is 1. The van der Waals surface area contributed by atoms with Crippen molar-refractivity contribution >= 4 is 0 Å². The van der Waals surface area contributed by atoms with Gasteiger partial charge in [-0.3, -0.25) is 0 Å². The van der Waals surface area contributed by atoms with E-state index in [1.807, 2.05) is 0 Å². The molecule has 0 unspecified atom stereocenters. The first-order valence-electron chi connectivity index (χ1n) is 21.3. The fraction of sp³-hybridized carbons (Fsp3) is 0.100. The molecule has 0 heteroatoms. The molecule has 0 amide bonds. The lowest BCUT2D eigenvalue weighted by molar-refractivity contribution is 0.660. The maximum atomic E-state index is 2.37. The van der Waals surface area contributed by atoms with Crippen molar-refractivity contribution in [3.63, 3.8) is 0 Å². The Hall–Kier alpha value is -7.02. The highest BCUT2D eigenvalue weighted by atomic mass is 14.5. The molecule has 3 aliphatic rings. The average molecular weight is 767 g/mol. The number of hydrogen-bond acceptors (Lipinski definition) is 0. The van der Waals surface area contributed by atoms with Crippen LogP contribution in [0.15, 0.2) is 212 Å². The van der Waals surface area contributed by atoms with Crippen molar-refractivity contribution < 1.29 is 0 Å². The van der Waals surface area contributed by atoms with Crippen LogP contribution >= 0.6 is 0 Å². The summed E-state index contributed by atoms with van der Waals surface area (Å²) in [7, 11) is 0. The molecule has 9 aromatic carbocycles. The van der Waals surface area contributed by atoms with Gasteiger partial charge in [-0.25, -0.2) is 0 Å². The second kappa shape index (κ2) is 14.1. The molecule has 0 nitrogen and oxygen atoms in total. The zero-order valence-electron chi connectivity index (χ0n) is 34.4. The van der Waals surface area contributed by atoms with Gasteiger partial charge in [0.1, 0.15) is 0 Å². The number of fused-ring (bicyclic) bond motifs is 13. The SMILES string of the molecule is Cc1cc(-c2ccccc2)c2c(c1)C(C)(C)c1ccccc1-2.c1ccc(-c2ccc(Cc3cccc4c3-c3ccccc3C43c4ccccc4-c4ccccc43)cc2)cc1. The minimum absolute atomic E-state index is 0.0709. The fourth-order valence-corrected chi connectivity index (χ4v) is 10.8. The molecule has 9 aromatic rings. The minimum atomic E-state index is -0.272. The van der Waals surface area contributed by atoms with E-state index in [0.29, 0.717) is 0 Å². The lowest BCUT2D eigenvalue weighted by Crippen LogP contribution is -2.25. The summed E-state index contributed by atoms with van der Waals surface area (Å²) in [4.78, 5) is 0.